The lowest BCUT2D eigenvalue weighted by Gasteiger charge is -2.06. The highest BCUT2D eigenvalue weighted by Gasteiger charge is 2.18. The molecule has 4 nitrogen and oxygen atoms in total. The second-order valence-corrected chi connectivity index (χ2v) is 5.33. The zero-order valence-electron chi connectivity index (χ0n) is 11.3. The number of aromatic nitrogens is 2. The van der Waals surface area contributed by atoms with Crippen LogP contribution in [0.5, 0.6) is 0 Å². The molecule has 0 saturated heterocycles. The van der Waals surface area contributed by atoms with Crippen molar-refractivity contribution in [2.75, 3.05) is 5.73 Å². The number of nitrogens with zero attached hydrogens (tertiary/aromatic N) is 2. The van der Waals surface area contributed by atoms with Gasteiger partial charge in [-0.1, -0.05) is 30.1 Å². The van der Waals surface area contributed by atoms with E-state index in [0.717, 1.165) is 12.1 Å². The Balaban J connectivity index is 2.30. The fourth-order valence-electron chi connectivity index (χ4n) is 2.05. The minimum atomic E-state index is -0.105. The lowest BCUT2D eigenvalue weighted by atomic mass is 10.0. The molecule has 106 valence electrons. The van der Waals surface area contributed by atoms with Gasteiger partial charge >= 0.3 is 0 Å². The minimum absolute atomic E-state index is 0.105. The van der Waals surface area contributed by atoms with Gasteiger partial charge in [-0.15, -0.1) is 0 Å². The van der Waals surface area contributed by atoms with Crippen molar-refractivity contribution < 1.29 is 4.79 Å². The SMILES string of the molecule is CCc1nn(C)c(CC(=O)c2ccc(Cl)cc2N)c1Cl. The van der Waals surface area contributed by atoms with Crippen molar-refractivity contribution in [1.29, 1.82) is 0 Å². The number of carbonyl (C=O) groups excluding carboxylic acids is 1. The number of nitrogens with two attached hydrogens (primary N) is 1. The number of Topliss-reactive ketones (excluding diaryl/α,β-unsaturated/α-hetero) is 1. The number of carbonyl (C=O) groups is 1. The van der Waals surface area contributed by atoms with E-state index < -0.39 is 0 Å². The Bertz CT molecular complexity index is 665. The van der Waals surface area contributed by atoms with Gasteiger partial charge in [-0.25, -0.2) is 0 Å². The monoisotopic (exact) mass is 311 g/mol. The number of nitrogen functional groups attached to an aromatic ring is 1. The maximum atomic E-state index is 12.3. The zero-order chi connectivity index (χ0) is 14.9. The maximum absolute atomic E-state index is 12.3. The fourth-order valence-corrected chi connectivity index (χ4v) is 2.59. The molecular weight excluding hydrogens is 297 g/mol. The second-order valence-electron chi connectivity index (χ2n) is 4.52. The molecule has 0 fully saturated rings. The van der Waals surface area contributed by atoms with Gasteiger partial charge in [0.2, 0.25) is 0 Å². The summed E-state index contributed by atoms with van der Waals surface area (Å²) < 4.78 is 1.64. The quantitative estimate of drug-likeness (QED) is 0.696. The van der Waals surface area contributed by atoms with E-state index in [0.29, 0.717) is 27.0 Å². The average Bonchev–Trinajstić information content (AvgIpc) is 2.66. The van der Waals surface area contributed by atoms with Gasteiger partial charge in [0.05, 0.1) is 22.8 Å². The number of ketones is 1. The van der Waals surface area contributed by atoms with E-state index in [1.54, 1.807) is 29.9 Å². The van der Waals surface area contributed by atoms with Gasteiger partial charge in [-0.3, -0.25) is 9.48 Å². The molecule has 2 aromatic rings. The molecule has 1 heterocycles. The van der Waals surface area contributed by atoms with Crippen LogP contribution in [0, 0.1) is 0 Å². The average molecular weight is 312 g/mol. The number of anilines is 1. The molecule has 0 aliphatic carbocycles. The molecule has 0 bridgehead atoms. The Kier molecular flexibility index (Phi) is 4.35. The third kappa shape index (κ3) is 2.81. The van der Waals surface area contributed by atoms with E-state index in [2.05, 4.69) is 5.10 Å². The molecule has 0 unspecified atom stereocenters. The van der Waals surface area contributed by atoms with Crippen LogP contribution in [0.2, 0.25) is 10.0 Å². The van der Waals surface area contributed by atoms with Gasteiger partial charge in [0, 0.05) is 23.3 Å². The van der Waals surface area contributed by atoms with Crippen LogP contribution in [-0.4, -0.2) is 15.6 Å². The first-order valence-corrected chi connectivity index (χ1v) is 6.98. The molecule has 0 radical (unpaired) electrons. The zero-order valence-corrected chi connectivity index (χ0v) is 12.8. The van der Waals surface area contributed by atoms with Crippen molar-refractivity contribution in [3.05, 3.63) is 45.2 Å². The highest BCUT2D eigenvalue weighted by molar-refractivity contribution is 6.32. The van der Waals surface area contributed by atoms with Crippen LogP contribution in [0.3, 0.4) is 0 Å². The van der Waals surface area contributed by atoms with Gasteiger partial charge < -0.3 is 5.73 Å². The number of benzene rings is 1. The summed E-state index contributed by atoms with van der Waals surface area (Å²) in [7, 11) is 1.78. The highest BCUT2D eigenvalue weighted by Crippen LogP contribution is 2.24. The third-order valence-electron chi connectivity index (χ3n) is 3.14. The number of hydrogen-bond donors (Lipinski definition) is 1. The van der Waals surface area contributed by atoms with Crippen molar-refractivity contribution in [3.8, 4) is 0 Å². The van der Waals surface area contributed by atoms with Crippen LogP contribution in [0.1, 0.15) is 28.7 Å². The minimum Gasteiger partial charge on any atom is -0.398 e. The predicted molar refractivity (Wildman–Crippen MR) is 81.5 cm³/mol. The highest BCUT2D eigenvalue weighted by atomic mass is 35.5. The largest absolute Gasteiger partial charge is 0.398 e. The van der Waals surface area contributed by atoms with Crippen LogP contribution < -0.4 is 5.73 Å². The second kappa shape index (κ2) is 5.85. The van der Waals surface area contributed by atoms with Gasteiger partial charge in [0.1, 0.15) is 0 Å². The van der Waals surface area contributed by atoms with Crippen LogP contribution in [0.15, 0.2) is 18.2 Å². The van der Waals surface area contributed by atoms with Crippen LogP contribution in [-0.2, 0) is 19.9 Å². The van der Waals surface area contributed by atoms with E-state index in [9.17, 15) is 4.79 Å². The van der Waals surface area contributed by atoms with Crippen molar-refractivity contribution in [3.63, 3.8) is 0 Å². The van der Waals surface area contributed by atoms with E-state index in [1.807, 2.05) is 6.92 Å². The summed E-state index contributed by atoms with van der Waals surface area (Å²) in [4.78, 5) is 12.3. The lowest BCUT2D eigenvalue weighted by molar-refractivity contribution is 0.0991. The number of hydrogen-bond acceptors (Lipinski definition) is 3. The van der Waals surface area contributed by atoms with Crippen molar-refractivity contribution in [2.24, 2.45) is 7.05 Å². The molecule has 1 aromatic carbocycles. The number of aryl methyl sites for hydroxylation is 2. The Morgan fingerprint density at radius 2 is 2.10 bits per heavy atom. The summed E-state index contributed by atoms with van der Waals surface area (Å²) in [5, 5.41) is 5.35. The summed E-state index contributed by atoms with van der Waals surface area (Å²) in [5.74, 6) is -0.105. The Labute approximate surface area is 127 Å². The van der Waals surface area contributed by atoms with Crippen LogP contribution in [0.4, 0.5) is 5.69 Å². The van der Waals surface area contributed by atoms with E-state index in [1.165, 1.54) is 0 Å². The van der Waals surface area contributed by atoms with Gasteiger partial charge in [0.25, 0.3) is 0 Å². The first-order chi connectivity index (χ1) is 9.43. The Morgan fingerprint density at radius 3 is 2.65 bits per heavy atom. The van der Waals surface area contributed by atoms with E-state index >= 15 is 0 Å². The van der Waals surface area contributed by atoms with Crippen molar-refractivity contribution in [2.45, 2.75) is 19.8 Å². The first-order valence-electron chi connectivity index (χ1n) is 6.22. The van der Waals surface area contributed by atoms with Crippen LogP contribution in [0.25, 0.3) is 0 Å². The first kappa shape index (κ1) is 14.9. The van der Waals surface area contributed by atoms with Crippen LogP contribution >= 0.6 is 23.2 Å². The summed E-state index contributed by atoms with van der Waals surface area (Å²) in [6, 6.07) is 4.84. The fraction of sp³-hybridized carbons (Fsp3) is 0.286. The molecule has 0 aliphatic heterocycles. The number of rotatable bonds is 4. The molecular formula is C14H15Cl2N3O. The molecule has 1 aromatic heterocycles. The summed E-state index contributed by atoms with van der Waals surface area (Å²) >= 11 is 12.1. The van der Waals surface area contributed by atoms with Crippen molar-refractivity contribution >= 4 is 34.7 Å². The molecule has 2 rings (SSSR count). The summed E-state index contributed by atoms with van der Waals surface area (Å²) in [6.07, 6.45) is 0.887. The molecule has 0 saturated carbocycles. The Morgan fingerprint density at radius 1 is 1.40 bits per heavy atom. The molecule has 0 spiro atoms. The topological polar surface area (TPSA) is 60.9 Å². The predicted octanol–water partition coefficient (Wildman–Crippen LogP) is 3.30. The summed E-state index contributed by atoms with van der Waals surface area (Å²) in [5.41, 5.74) is 8.13. The smallest absolute Gasteiger partial charge is 0.170 e. The van der Waals surface area contributed by atoms with Gasteiger partial charge in [0.15, 0.2) is 5.78 Å². The molecule has 20 heavy (non-hydrogen) atoms. The lowest BCUT2D eigenvalue weighted by Crippen LogP contribution is -2.10. The maximum Gasteiger partial charge on any atom is 0.170 e. The van der Waals surface area contributed by atoms with Gasteiger partial charge in [-0.2, -0.15) is 5.10 Å². The Hall–Kier alpha value is -1.52. The standard InChI is InChI=1S/C14H15Cl2N3O/c1-3-11-14(16)12(19(2)18-11)7-13(20)9-5-4-8(15)6-10(9)17/h4-6H,3,7,17H2,1-2H3. The molecule has 2 N–H and O–H groups in total. The summed E-state index contributed by atoms with van der Waals surface area (Å²) in [6.45, 7) is 1.97. The van der Waals surface area contributed by atoms with Crippen molar-refractivity contribution in [1.82, 2.24) is 9.78 Å². The number of halogens is 2. The van der Waals surface area contributed by atoms with E-state index in [4.69, 9.17) is 28.9 Å². The molecule has 0 atom stereocenters. The molecule has 0 amide bonds. The van der Waals surface area contributed by atoms with E-state index in [-0.39, 0.29) is 12.2 Å². The molecule has 0 aliphatic rings. The third-order valence-corrected chi connectivity index (χ3v) is 3.82. The normalized spacial score (nSPS) is 10.8. The molecule has 6 heteroatoms. The van der Waals surface area contributed by atoms with Gasteiger partial charge in [-0.05, 0) is 24.6 Å².